The molecule has 0 aromatic carbocycles. The maximum Gasteiger partial charge on any atom is 0.222 e. The number of amides is 1. The molecule has 0 aliphatic carbocycles. The van der Waals surface area contributed by atoms with E-state index in [1.807, 2.05) is 11.9 Å². The fourth-order valence-electron chi connectivity index (χ4n) is 2.39. The molecule has 1 aromatic rings. The van der Waals surface area contributed by atoms with Crippen LogP contribution in [0, 0.1) is 18.8 Å². The number of carbonyl (C=O) groups excluding carboxylic acids is 1. The molecule has 20 heavy (non-hydrogen) atoms. The van der Waals surface area contributed by atoms with Crippen molar-refractivity contribution in [3.63, 3.8) is 0 Å². The highest BCUT2D eigenvalue weighted by atomic mass is 32.1. The van der Waals surface area contributed by atoms with Crippen molar-refractivity contribution in [1.82, 2.24) is 4.90 Å². The molecule has 0 aliphatic heterocycles. The Labute approximate surface area is 127 Å². The van der Waals surface area contributed by atoms with Crippen LogP contribution in [0.3, 0.4) is 0 Å². The number of rotatable bonds is 8. The van der Waals surface area contributed by atoms with E-state index in [0.717, 1.165) is 19.4 Å². The van der Waals surface area contributed by atoms with Crippen molar-refractivity contribution in [2.24, 2.45) is 17.6 Å². The topological polar surface area (TPSA) is 46.3 Å². The first-order valence-electron chi connectivity index (χ1n) is 7.42. The summed E-state index contributed by atoms with van der Waals surface area (Å²) >= 11 is 1.72. The van der Waals surface area contributed by atoms with Gasteiger partial charge < -0.3 is 10.6 Å². The van der Waals surface area contributed by atoms with Gasteiger partial charge in [0.05, 0.1) is 6.54 Å². The van der Waals surface area contributed by atoms with Gasteiger partial charge >= 0.3 is 0 Å². The molecule has 0 aliphatic rings. The average Bonchev–Trinajstić information content (AvgIpc) is 2.79. The lowest BCUT2D eigenvalue weighted by Crippen LogP contribution is -2.27. The largest absolute Gasteiger partial charge is 0.341 e. The summed E-state index contributed by atoms with van der Waals surface area (Å²) < 4.78 is 0. The third kappa shape index (κ3) is 5.25. The molecule has 1 rings (SSSR count). The summed E-state index contributed by atoms with van der Waals surface area (Å²) in [5.74, 6) is 1.39. The first-order chi connectivity index (χ1) is 9.45. The molecule has 0 spiro atoms. The summed E-state index contributed by atoms with van der Waals surface area (Å²) in [5.41, 5.74) is 6.92. The Balaban J connectivity index is 2.43. The number of hydrogen-bond donors (Lipinski definition) is 1. The molecule has 1 heterocycles. The van der Waals surface area contributed by atoms with Crippen molar-refractivity contribution in [2.75, 3.05) is 13.6 Å². The monoisotopic (exact) mass is 296 g/mol. The van der Waals surface area contributed by atoms with Gasteiger partial charge in [0.25, 0.3) is 0 Å². The molecule has 0 fully saturated rings. The van der Waals surface area contributed by atoms with Gasteiger partial charge in [0.1, 0.15) is 0 Å². The Bertz CT molecular complexity index is 414. The molecule has 0 bridgehead atoms. The zero-order chi connectivity index (χ0) is 15.1. The fourth-order valence-corrected chi connectivity index (χ4v) is 3.35. The Morgan fingerprint density at radius 1 is 1.40 bits per heavy atom. The highest BCUT2D eigenvalue weighted by Crippen LogP contribution is 2.22. The standard InChI is InChI=1S/C16H28N2OS/c1-12(2)14(7-9-17)5-6-16(19)18(4)11-15-13(3)8-10-20-15/h8,10,12,14H,5-7,9,11,17H2,1-4H3. The van der Waals surface area contributed by atoms with Crippen molar-refractivity contribution in [2.45, 2.75) is 46.6 Å². The molecule has 114 valence electrons. The molecule has 3 nitrogen and oxygen atoms in total. The number of hydrogen-bond acceptors (Lipinski definition) is 3. The van der Waals surface area contributed by atoms with Gasteiger partial charge in [-0.05, 0) is 55.2 Å². The van der Waals surface area contributed by atoms with Crippen LogP contribution in [0.2, 0.25) is 0 Å². The first kappa shape index (κ1) is 17.2. The summed E-state index contributed by atoms with van der Waals surface area (Å²) in [6.45, 7) is 7.96. The lowest BCUT2D eigenvalue weighted by atomic mass is 9.88. The number of carbonyl (C=O) groups is 1. The summed E-state index contributed by atoms with van der Waals surface area (Å²) in [7, 11) is 1.90. The number of aryl methyl sites for hydroxylation is 1. The molecule has 1 unspecified atom stereocenters. The maximum absolute atomic E-state index is 12.2. The Hall–Kier alpha value is -0.870. The highest BCUT2D eigenvalue weighted by molar-refractivity contribution is 7.10. The van der Waals surface area contributed by atoms with Crippen molar-refractivity contribution >= 4 is 17.2 Å². The van der Waals surface area contributed by atoms with E-state index in [4.69, 9.17) is 5.73 Å². The van der Waals surface area contributed by atoms with Crippen LogP contribution in [0.15, 0.2) is 11.4 Å². The van der Waals surface area contributed by atoms with Gasteiger partial charge in [0.2, 0.25) is 5.91 Å². The van der Waals surface area contributed by atoms with Gasteiger partial charge in [-0.3, -0.25) is 4.79 Å². The van der Waals surface area contributed by atoms with Gasteiger partial charge in [-0.2, -0.15) is 0 Å². The Kier molecular flexibility index (Phi) is 7.24. The summed E-state index contributed by atoms with van der Waals surface area (Å²) in [6.07, 6.45) is 2.59. The smallest absolute Gasteiger partial charge is 0.222 e. The van der Waals surface area contributed by atoms with Crippen molar-refractivity contribution in [3.05, 3.63) is 21.9 Å². The summed E-state index contributed by atoms with van der Waals surface area (Å²) in [6, 6.07) is 2.11. The van der Waals surface area contributed by atoms with Gasteiger partial charge in [-0.15, -0.1) is 11.3 Å². The Morgan fingerprint density at radius 2 is 2.10 bits per heavy atom. The van der Waals surface area contributed by atoms with E-state index in [9.17, 15) is 4.79 Å². The average molecular weight is 296 g/mol. The van der Waals surface area contributed by atoms with Gasteiger partial charge in [-0.25, -0.2) is 0 Å². The van der Waals surface area contributed by atoms with Crippen molar-refractivity contribution in [3.8, 4) is 0 Å². The first-order valence-corrected chi connectivity index (χ1v) is 8.30. The van der Waals surface area contributed by atoms with E-state index in [2.05, 4.69) is 32.2 Å². The molecule has 1 amide bonds. The van der Waals surface area contributed by atoms with Crippen LogP contribution >= 0.6 is 11.3 Å². The minimum atomic E-state index is 0.237. The third-order valence-electron chi connectivity index (χ3n) is 3.98. The summed E-state index contributed by atoms with van der Waals surface area (Å²) in [4.78, 5) is 15.3. The van der Waals surface area contributed by atoms with Gasteiger partial charge in [-0.1, -0.05) is 13.8 Å². The van der Waals surface area contributed by atoms with Crippen molar-refractivity contribution in [1.29, 1.82) is 0 Å². The minimum absolute atomic E-state index is 0.237. The van der Waals surface area contributed by atoms with Crippen molar-refractivity contribution < 1.29 is 4.79 Å². The van der Waals surface area contributed by atoms with Gasteiger partial charge in [0.15, 0.2) is 0 Å². The normalized spacial score (nSPS) is 12.7. The van der Waals surface area contributed by atoms with Crippen LogP contribution in [0.5, 0.6) is 0 Å². The minimum Gasteiger partial charge on any atom is -0.341 e. The number of nitrogens with zero attached hydrogens (tertiary/aromatic N) is 1. The van der Waals surface area contributed by atoms with E-state index in [-0.39, 0.29) is 5.91 Å². The molecular weight excluding hydrogens is 268 g/mol. The zero-order valence-electron chi connectivity index (χ0n) is 13.2. The number of thiophene rings is 1. The zero-order valence-corrected chi connectivity index (χ0v) is 14.0. The second kappa shape index (κ2) is 8.42. The van der Waals surface area contributed by atoms with E-state index in [1.54, 1.807) is 11.3 Å². The molecule has 4 heteroatoms. The number of nitrogens with two attached hydrogens (primary N) is 1. The second-order valence-electron chi connectivity index (χ2n) is 5.90. The highest BCUT2D eigenvalue weighted by Gasteiger charge is 2.17. The maximum atomic E-state index is 12.2. The predicted octanol–water partition coefficient (Wildman–Crippen LogP) is 3.42. The third-order valence-corrected chi connectivity index (χ3v) is 4.99. The molecule has 0 saturated heterocycles. The molecule has 0 radical (unpaired) electrons. The summed E-state index contributed by atoms with van der Waals surface area (Å²) in [5, 5.41) is 2.08. The van der Waals surface area contributed by atoms with Crippen LogP contribution in [-0.2, 0) is 11.3 Å². The molecule has 0 saturated carbocycles. The fraction of sp³-hybridized carbons (Fsp3) is 0.688. The molecular formula is C16H28N2OS. The van der Waals surface area contributed by atoms with Crippen LogP contribution < -0.4 is 5.73 Å². The van der Waals surface area contributed by atoms with E-state index in [1.165, 1.54) is 10.4 Å². The van der Waals surface area contributed by atoms with Gasteiger partial charge in [0, 0.05) is 18.3 Å². The SMILES string of the molecule is Cc1ccsc1CN(C)C(=O)CCC(CCN)C(C)C. The van der Waals surface area contributed by atoms with Crippen LogP contribution in [0.4, 0.5) is 0 Å². The second-order valence-corrected chi connectivity index (χ2v) is 6.90. The van der Waals surface area contributed by atoms with Crippen LogP contribution in [0.1, 0.15) is 43.6 Å². The quantitative estimate of drug-likeness (QED) is 0.799. The molecule has 1 atom stereocenters. The lowest BCUT2D eigenvalue weighted by molar-refractivity contribution is -0.130. The van der Waals surface area contributed by atoms with Crippen LogP contribution in [0.25, 0.3) is 0 Å². The predicted molar refractivity (Wildman–Crippen MR) is 86.8 cm³/mol. The van der Waals surface area contributed by atoms with E-state index < -0.39 is 0 Å². The van der Waals surface area contributed by atoms with E-state index in [0.29, 0.717) is 24.8 Å². The lowest BCUT2D eigenvalue weighted by Gasteiger charge is -2.22. The molecule has 2 N–H and O–H groups in total. The van der Waals surface area contributed by atoms with E-state index >= 15 is 0 Å². The Morgan fingerprint density at radius 3 is 2.60 bits per heavy atom. The van der Waals surface area contributed by atoms with Crippen LogP contribution in [-0.4, -0.2) is 24.4 Å². The molecule has 1 aromatic heterocycles.